The first-order valence-corrected chi connectivity index (χ1v) is 8.29. The van der Waals surface area contributed by atoms with Crippen molar-refractivity contribution in [3.05, 3.63) is 29.3 Å². The Morgan fingerprint density at radius 3 is 2.71 bits per heavy atom. The maximum Gasteiger partial charge on any atom is 0.126 e. The van der Waals surface area contributed by atoms with Gasteiger partial charge in [0.1, 0.15) is 12.4 Å². The smallest absolute Gasteiger partial charge is 0.126 e. The Kier molecular flexibility index (Phi) is 6.07. The minimum absolute atomic E-state index is 0.415. The Labute approximate surface area is 128 Å². The molecule has 1 aliphatic carbocycles. The lowest BCUT2D eigenvalue weighted by Crippen LogP contribution is -2.38. The highest BCUT2D eigenvalue weighted by molar-refractivity contribution is 5.40. The van der Waals surface area contributed by atoms with Crippen LogP contribution < -0.4 is 10.1 Å². The van der Waals surface area contributed by atoms with Crippen LogP contribution in [0.4, 0.5) is 0 Å². The van der Waals surface area contributed by atoms with E-state index in [1.807, 2.05) is 0 Å². The number of ether oxygens (including phenoxy) is 1. The molecule has 1 saturated carbocycles. The molecule has 118 valence electrons. The topological polar surface area (TPSA) is 41.5 Å². The Morgan fingerprint density at radius 1 is 1.24 bits per heavy atom. The highest BCUT2D eigenvalue weighted by Crippen LogP contribution is 2.30. The minimum Gasteiger partial charge on any atom is -0.490 e. The molecule has 1 aromatic rings. The number of aryl methyl sites for hydroxylation is 1. The second-order valence-corrected chi connectivity index (χ2v) is 6.31. The number of hydrogen-bond acceptors (Lipinski definition) is 3. The summed E-state index contributed by atoms with van der Waals surface area (Å²) in [4.78, 5) is 0. The van der Waals surface area contributed by atoms with Crippen LogP contribution in [0.2, 0.25) is 0 Å². The zero-order chi connectivity index (χ0) is 15.1. The third kappa shape index (κ3) is 4.72. The zero-order valence-corrected chi connectivity index (χ0v) is 13.5. The van der Waals surface area contributed by atoms with Gasteiger partial charge in [-0.3, -0.25) is 0 Å². The van der Waals surface area contributed by atoms with E-state index in [4.69, 9.17) is 4.74 Å². The van der Waals surface area contributed by atoms with Crippen molar-refractivity contribution in [1.29, 1.82) is 0 Å². The second kappa shape index (κ2) is 7.81. The molecule has 0 saturated heterocycles. The predicted molar refractivity (Wildman–Crippen MR) is 86.7 cm³/mol. The van der Waals surface area contributed by atoms with Gasteiger partial charge in [0, 0.05) is 12.1 Å². The molecule has 0 heterocycles. The summed E-state index contributed by atoms with van der Waals surface area (Å²) in [6.07, 6.45) is 6.31. The molecular formula is C18H29NO2. The van der Waals surface area contributed by atoms with E-state index in [0.29, 0.717) is 6.61 Å². The van der Waals surface area contributed by atoms with E-state index in [1.54, 1.807) is 0 Å². The summed E-state index contributed by atoms with van der Waals surface area (Å²) in [5.74, 6) is 0.945. The fourth-order valence-corrected chi connectivity index (χ4v) is 3.02. The molecule has 0 bridgehead atoms. The van der Waals surface area contributed by atoms with Crippen LogP contribution in [-0.2, 0) is 6.54 Å². The molecule has 1 aromatic carbocycles. The summed E-state index contributed by atoms with van der Waals surface area (Å²) in [6, 6.07) is 6.25. The monoisotopic (exact) mass is 291 g/mol. The maximum atomic E-state index is 10.6. The SMILES string of the molecule is CCCNCc1cccc(C)c1OCC1(O)CCCCC1. The van der Waals surface area contributed by atoms with Gasteiger partial charge in [0.25, 0.3) is 0 Å². The van der Waals surface area contributed by atoms with Crippen LogP contribution in [0.1, 0.15) is 56.6 Å². The van der Waals surface area contributed by atoms with E-state index in [2.05, 4.69) is 37.4 Å². The number of para-hydroxylation sites is 1. The van der Waals surface area contributed by atoms with Crippen molar-refractivity contribution < 1.29 is 9.84 Å². The Morgan fingerprint density at radius 2 is 2.00 bits per heavy atom. The summed E-state index contributed by atoms with van der Waals surface area (Å²) < 4.78 is 6.05. The molecule has 0 amide bonds. The van der Waals surface area contributed by atoms with E-state index in [9.17, 15) is 5.11 Å². The molecule has 1 fully saturated rings. The summed E-state index contributed by atoms with van der Waals surface area (Å²) in [7, 11) is 0. The average molecular weight is 291 g/mol. The molecule has 2 N–H and O–H groups in total. The van der Waals surface area contributed by atoms with Crippen LogP contribution in [0.15, 0.2) is 18.2 Å². The van der Waals surface area contributed by atoms with Crippen LogP contribution in [-0.4, -0.2) is 23.9 Å². The molecule has 21 heavy (non-hydrogen) atoms. The molecule has 3 heteroatoms. The third-order valence-electron chi connectivity index (χ3n) is 4.31. The lowest BCUT2D eigenvalue weighted by Gasteiger charge is -2.32. The average Bonchev–Trinajstić information content (AvgIpc) is 2.47. The second-order valence-electron chi connectivity index (χ2n) is 6.31. The summed E-state index contributed by atoms with van der Waals surface area (Å²) in [5, 5.41) is 14.0. The Hall–Kier alpha value is -1.06. The van der Waals surface area contributed by atoms with Crippen LogP contribution in [0, 0.1) is 6.92 Å². The lowest BCUT2D eigenvalue weighted by atomic mass is 9.85. The van der Waals surface area contributed by atoms with Gasteiger partial charge in [-0.15, -0.1) is 0 Å². The highest BCUT2D eigenvalue weighted by Gasteiger charge is 2.30. The normalized spacial score (nSPS) is 17.7. The highest BCUT2D eigenvalue weighted by atomic mass is 16.5. The molecule has 0 radical (unpaired) electrons. The molecule has 0 unspecified atom stereocenters. The van der Waals surface area contributed by atoms with Gasteiger partial charge in [-0.25, -0.2) is 0 Å². The van der Waals surface area contributed by atoms with Crippen LogP contribution in [0.3, 0.4) is 0 Å². The molecule has 0 aromatic heterocycles. The van der Waals surface area contributed by atoms with Crippen LogP contribution >= 0.6 is 0 Å². The van der Waals surface area contributed by atoms with Gasteiger partial charge in [0.15, 0.2) is 0 Å². The summed E-state index contributed by atoms with van der Waals surface area (Å²) in [6.45, 7) is 6.49. The molecule has 0 aliphatic heterocycles. The third-order valence-corrected chi connectivity index (χ3v) is 4.31. The Bertz CT molecular complexity index is 439. The maximum absolute atomic E-state index is 10.6. The van der Waals surface area contributed by atoms with Crippen molar-refractivity contribution in [1.82, 2.24) is 5.32 Å². The van der Waals surface area contributed by atoms with Gasteiger partial charge in [0.2, 0.25) is 0 Å². The van der Waals surface area contributed by atoms with E-state index in [1.165, 1.54) is 12.0 Å². The standard InChI is InChI=1S/C18H29NO2/c1-3-12-19-13-16-9-7-8-15(2)17(16)21-14-18(20)10-5-4-6-11-18/h7-9,19-20H,3-6,10-14H2,1-2H3. The van der Waals surface area contributed by atoms with Gasteiger partial charge in [-0.05, 0) is 38.3 Å². The molecule has 0 atom stereocenters. The number of benzene rings is 1. The first-order chi connectivity index (χ1) is 10.1. The fraction of sp³-hybridized carbons (Fsp3) is 0.667. The van der Waals surface area contributed by atoms with Gasteiger partial charge < -0.3 is 15.2 Å². The van der Waals surface area contributed by atoms with Crippen molar-refractivity contribution in [2.75, 3.05) is 13.2 Å². The number of aliphatic hydroxyl groups is 1. The first-order valence-electron chi connectivity index (χ1n) is 8.29. The number of rotatable bonds is 7. The fourth-order valence-electron chi connectivity index (χ4n) is 3.02. The number of nitrogens with one attached hydrogen (secondary N) is 1. The minimum atomic E-state index is -0.630. The molecule has 3 nitrogen and oxygen atoms in total. The van der Waals surface area contributed by atoms with Gasteiger partial charge in [-0.1, -0.05) is 44.4 Å². The van der Waals surface area contributed by atoms with Crippen molar-refractivity contribution in [2.24, 2.45) is 0 Å². The van der Waals surface area contributed by atoms with Crippen molar-refractivity contribution in [3.63, 3.8) is 0 Å². The van der Waals surface area contributed by atoms with Gasteiger partial charge in [-0.2, -0.15) is 0 Å². The van der Waals surface area contributed by atoms with Crippen molar-refractivity contribution in [3.8, 4) is 5.75 Å². The van der Waals surface area contributed by atoms with Crippen LogP contribution in [0.5, 0.6) is 5.75 Å². The lowest BCUT2D eigenvalue weighted by molar-refractivity contribution is -0.0342. The first kappa shape index (κ1) is 16.3. The summed E-state index contributed by atoms with van der Waals surface area (Å²) >= 11 is 0. The van der Waals surface area contributed by atoms with Crippen molar-refractivity contribution in [2.45, 2.75) is 64.5 Å². The molecule has 0 spiro atoms. The zero-order valence-electron chi connectivity index (χ0n) is 13.5. The largest absolute Gasteiger partial charge is 0.490 e. The quantitative estimate of drug-likeness (QED) is 0.755. The predicted octanol–water partition coefficient (Wildman–Crippen LogP) is 3.57. The molecule has 1 aliphatic rings. The summed E-state index contributed by atoms with van der Waals surface area (Å²) in [5.41, 5.74) is 1.70. The molecular weight excluding hydrogens is 262 g/mol. The van der Waals surface area contributed by atoms with Gasteiger partial charge >= 0.3 is 0 Å². The van der Waals surface area contributed by atoms with Crippen LogP contribution in [0.25, 0.3) is 0 Å². The van der Waals surface area contributed by atoms with E-state index >= 15 is 0 Å². The Balaban J connectivity index is 2.00. The van der Waals surface area contributed by atoms with E-state index in [0.717, 1.165) is 56.5 Å². The number of hydrogen-bond donors (Lipinski definition) is 2. The van der Waals surface area contributed by atoms with E-state index < -0.39 is 5.60 Å². The molecule has 2 rings (SSSR count). The van der Waals surface area contributed by atoms with Crippen molar-refractivity contribution >= 4 is 0 Å². The van der Waals surface area contributed by atoms with Gasteiger partial charge in [0.05, 0.1) is 5.60 Å². The van der Waals surface area contributed by atoms with E-state index in [-0.39, 0.29) is 0 Å².